The Hall–Kier alpha value is -3.14. The number of nitrogens with zero attached hydrogens (tertiary/aromatic N) is 2. The van der Waals surface area contributed by atoms with Crippen molar-refractivity contribution in [3.63, 3.8) is 0 Å². The van der Waals surface area contributed by atoms with Crippen LogP contribution < -0.4 is 4.74 Å². The Morgan fingerprint density at radius 3 is 2.58 bits per heavy atom. The number of fused-ring (bicyclic) bond motifs is 1. The van der Waals surface area contributed by atoms with Crippen molar-refractivity contribution < 1.29 is 9.53 Å². The van der Waals surface area contributed by atoms with Gasteiger partial charge in [0.1, 0.15) is 12.2 Å². The molecular formula is C22H20N2O2. The van der Waals surface area contributed by atoms with Gasteiger partial charge in [0.05, 0.1) is 6.54 Å². The van der Waals surface area contributed by atoms with Gasteiger partial charge >= 0.3 is 0 Å². The zero-order valence-corrected chi connectivity index (χ0v) is 14.7. The summed E-state index contributed by atoms with van der Waals surface area (Å²) in [6, 6.07) is 20.1. The number of carbonyl (C=O) groups excluding carboxylic acids is 1. The molecule has 0 fully saturated rings. The summed E-state index contributed by atoms with van der Waals surface area (Å²) in [4.78, 5) is 19.4. The van der Waals surface area contributed by atoms with Crippen LogP contribution >= 0.6 is 0 Å². The fraction of sp³-hybridized carbons (Fsp3) is 0.182. The maximum absolute atomic E-state index is 13.3. The molecule has 0 unspecified atom stereocenters. The Kier molecular flexibility index (Phi) is 4.40. The lowest BCUT2D eigenvalue weighted by molar-refractivity contribution is 0.0743. The van der Waals surface area contributed by atoms with Crippen LogP contribution in [0.1, 0.15) is 21.5 Å². The number of benzene rings is 2. The van der Waals surface area contributed by atoms with Crippen LogP contribution in [0.5, 0.6) is 5.88 Å². The van der Waals surface area contributed by atoms with Crippen LogP contribution in [0, 0.1) is 6.92 Å². The third kappa shape index (κ3) is 3.18. The first-order chi connectivity index (χ1) is 12.7. The van der Waals surface area contributed by atoms with Gasteiger partial charge in [-0.1, -0.05) is 60.2 Å². The SMILES string of the molecule is Cc1ccc(-c2ccnc3c2C(=O)N(Cc2ccccc2)CCO3)cc1. The predicted molar refractivity (Wildman–Crippen MR) is 101 cm³/mol. The maximum atomic E-state index is 13.3. The minimum Gasteiger partial charge on any atom is -0.475 e. The lowest BCUT2D eigenvalue weighted by atomic mass is 9.99. The number of aryl methyl sites for hydroxylation is 1. The van der Waals surface area contributed by atoms with Gasteiger partial charge in [0.25, 0.3) is 5.91 Å². The first kappa shape index (κ1) is 16.3. The lowest BCUT2D eigenvalue weighted by Gasteiger charge is -2.21. The van der Waals surface area contributed by atoms with Gasteiger partial charge in [0, 0.05) is 18.3 Å². The molecule has 0 spiro atoms. The van der Waals surface area contributed by atoms with Crippen LogP contribution in [0.15, 0.2) is 66.9 Å². The summed E-state index contributed by atoms with van der Waals surface area (Å²) < 4.78 is 5.80. The van der Waals surface area contributed by atoms with Crippen molar-refractivity contribution in [2.24, 2.45) is 0 Å². The molecule has 2 aromatic carbocycles. The highest BCUT2D eigenvalue weighted by atomic mass is 16.5. The second-order valence-corrected chi connectivity index (χ2v) is 6.47. The van der Waals surface area contributed by atoms with Gasteiger partial charge in [-0.3, -0.25) is 4.79 Å². The minimum atomic E-state index is -0.0370. The minimum absolute atomic E-state index is 0.0370. The largest absolute Gasteiger partial charge is 0.475 e. The van der Waals surface area contributed by atoms with E-state index < -0.39 is 0 Å². The Morgan fingerprint density at radius 1 is 1.04 bits per heavy atom. The van der Waals surface area contributed by atoms with E-state index in [1.807, 2.05) is 72.5 Å². The molecule has 0 saturated heterocycles. The number of pyridine rings is 1. The van der Waals surface area contributed by atoms with Crippen molar-refractivity contribution in [2.75, 3.05) is 13.2 Å². The van der Waals surface area contributed by atoms with Crippen molar-refractivity contribution in [3.05, 3.63) is 83.6 Å². The molecule has 1 amide bonds. The quantitative estimate of drug-likeness (QED) is 0.719. The molecule has 0 N–H and O–H groups in total. The molecule has 4 rings (SSSR count). The molecule has 0 saturated carbocycles. The van der Waals surface area contributed by atoms with E-state index in [9.17, 15) is 4.79 Å². The maximum Gasteiger partial charge on any atom is 0.260 e. The van der Waals surface area contributed by atoms with Crippen LogP contribution in [-0.4, -0.2) is 28.9 Å². The third-order valence-corrected chi connectivity index (χ3v) is 4.60. The van der Waals surface area contributed by atoms with E-state index in [-0.39, 0.29) is 5.91 Å². The van der Waals surface area contributed by atoms with Crippen molar-refractivity contribution in [2.45, 2.75) is 13.5 Å². The van der Waals surface area contributed by atoms with Crippen molar-refractivity contribution in [1.82, 2.24) is 9.88 Å². The molecule has 1 aliphatic heterocycles. The molecule has 4 nitrogen and oxygen atoms in total. The summed E-state index contributed by atoms with van der Waals surface area (Å²) in [5, 5.41) is 0. The Labute approximate surface area is 153 Å². The van der Waals surface area contributed by atoms with Crippen molar-refractivity contribution in [1.29, 1.82) is 0 Å². The summed E-state index contributed by atoms with van der Waals surface area (Å²) >= 11 is 0. The molecule has 0 radical (unpaired) electrons. The molecule has 1 aromatic heterocycles. The monoisotopic (exact) mass is 344 g/mol. The second kappa shape index (κ2) is 7.00. The van der Waals surface area contributed by atoms with Crippen LogP contribution in [-0.2, 0) is 6.54 Å². The number of hydrogen-bond acceptors (Lipinski definition) is 3. The van der Waals surface area contributed by atoms with Gasteiger partial charge in [0.2, 0.25) is 5.88 Å². The number of rotatable bonds is 3. The fourth-order valence-electron chi connectivity index (χ4n) is 3.20. The standard InChI is InChI=1S/C22H20N2O2/c1-16-7-9-18(10-8-16)19-11-12-23-21-20(19)22(25)24(13-14-26-21)15-17-5-3-2-4-6-17/h2-12H,13-15H2,1H3. The van der Waals surface area contributed by atoms with Crippen molar-refractivity contribution in [3.8, 4) is 17.0 Å². The summed E-state index contributed by atoms with van der Waals surface area (Å²) in [6.07, 6.45) is 1.70. The fourth-order valence-corrected chi connectivity index (χ4v) is 3.20. The highest BCUT2D eigenvalue weighted by Gasteiger charge is 2.28. The van der Waals surface area contributed by atoms with Crippen LogP contribution in [0.2, 0.25) is 0 Å². The zero-order valence-electron chi connectivity index (χ0n) is 14.7. The molecule has 0 aliphatic carbocycles. The number of ether oxygens (including phenoxy) is 1. The zero-order chi connectivity index (χ0) is 17.9. The van der Waals surface area contributed by atoms with Crippen LogP contribution in [0.4, 0.5) is 0 Å². The summed E-state index contributed by atoms with van der Waals surface area (Å²) in [5.41, 5.74) is 4.68. The van der Waals surface area contributed by atoms with Crippen LogP contribution in [0.3, 0.4) is 0 Å². The smallest absolute Gasteiger partial charge is 0.260 e. The number of hydrogen-bond donors (Lipinski definition) is 0. The Bertz CT molecular complexity index is 921. The second-order valence-electron chi connectivity index (χ2n) is 6.47. The summed E-state index contributed by atoms with van der Waals surface area (Å²) in [5.74, 6) is 0.383. The Morgan fingerprint density at radius 2 is 1.81 bits per heavy atom. The normalized spacial score (nSPS) is 13.7. The average Bonchev–Trinajstić information content (AvgIpc) is 2.83. The van der Waals surface area contributed by atoms with Gasteiger partial charge in [-0.2, -0.15) is 0 Å². The van der Waals surface area contributed by atoms with Gasteiger partial charge in [-0.25, -0.2) is 4.98 Å². The summed E-state index contributed by atoms with van der Waals surface area (Å²) in [6.45, 7) is 3.59. The van der Waals surface area contributed by atoms with Crippen molar-refractivity contribution >= 4 is 5.91 Å². The van der Waals surface area contributed by atoms with Gasteiger partial charge in [0.15, 0.2) is 0 Å². The van der Waals surface area contributed by atoms with E-state index in [2.05, 4.69) is 4.98 Å². The predicted octanol–water partition coefficient (Wildman–Crippen LogP) is 4.09. The number of amides is 1. The number of carbonyl (C=O) groups is 1. The molecule has 3 aromatic rings. The molecule has 4 heteroatoms. The molecule has 1 aliphatic rings. The Balaban J connectivity index is 1.74. The summed E-state index contributed by atoms with van der Waals surface area (Å²) in [7, 11) is 0. The molecule has 130 valence electrons. The van der Waals surface area contributed by atoms with E-state index in [0.29, 0.717) is 31.1 Å². The highest BCUT2D eigenvalue weighted by Crippen LogP contribution is 2.32. The lowest BCUT2D eigenvalue weighted by Crippen LogP contribution is -2.32. The van der Waals surface area contributed by atoms with Gasteiger partial charge < -0.3 is 9.64 Å². The number of aromatic nitrogens is 1. The third-order valence-electron chi connectivity index (χ3n) is 4.60. The molecular weight excluding hydrogens is 324 g/mol. The van der Waals surface area contributed by atoms with E-state index >= 15 is 0 Å². The first-order valence-electron chi connectivity index (χ1n) is 8.74. The van der Waals surface area contributed by atoms with E-state index in [1.54, 1.807) is 6.20 Å². The van der Waals surface area contributed by atoms with Gasteiger partial charge in [-0.15, -0.1) is 0 Å². The van der Waals surface area contributed by atoms with Crippen LogP contribution in [0.25, 0.3) is 11.1 Å². The molecule has 0 atom stereocenters. The first-order valence-corrected chi connectivity index (χ1v) is 8.74. The van der Waals surface area contributed by atoms with E-state index in [1.165, 1.54) is 5.56 Å². The van der Waals surface area contributed by atoms with Gasteiger partial charge in [-0.05, 0) is 24.1 Å². The molecule has 2 heterocycles. The average molecular weight is 344 g/mol. The molecule has 26 heavy (non-hydrogen) atoms. The highest BCUT2D eigenvalue weighted by molar-refractivity contribution is 6.03. The van der Waals surface area contributed by atoms with E-state index in [4.69, 9.17) is 4.74 Å². The van der Waals surface area contributed by atoms with E-state index in [0.717, 1.165) is 16.7 Å². The topological polar surface area (TPSA) is 42.4 Å². The molecule has 0 bridgehead atoms.